The Morgan fingerprint density at radius 3 is 2.39 bits per heavy atom. The first-order valence-electron chi connectivity index (χ1n) is 6.20. The number of anilines is 1. The minimum Gasteiger partial charge on any atom is -0.368 e. The van der Waals surface area contributed by atoms with E-state index in [2.05, 4.69) is 28.9 Å². The summed E-state index contributed by atoms with van der Waals surface area (Å²) in [6.45, 7) is 7.08. The van der Waals surface area contributed by atoms with Crippen LogP contribution < -0.4 is 4.90 Å². The standard InChI is InChI=1S/C14H16N4/c1-2-17-6-8-18(9-7-17)14-5-3-4-12(10-15)13(14)11-16/h3-5H,2,6-9H2,1H3. The van der Waals surface area contributed by atoms with E-state index >= 15 is 0 Å². The maximum absolute atomic E-state index is 9.22. The van der Waals surface area contributed by atoms with Gasteiger partial charge >= 0.3 is 0 Å². The van der Waals surface area contributed by atoms with Gasteiger partial charge in [0.25, 0.3) is 0 Å². The van der Waals surface area contributed by atoms with Crippen molar-refractivity contribution < 1.29 is 0 Å². The molecule has 0 bridgehead atoms. The summed E-state index contributed by atoms with van der Waals surface area (Å²) in [5.41, 5.74) is 1.87. The molecule has 0 saturated carbocycles. The average molecular weight is 240 g/mol. The van der Waals surface area contributed by atoms with Gasteiger partial charge in [-0.3, -0.25) is 0 Å². The fourth-order valence-corrected chi connectivity index (χ4v) is 2.32. The highest BCUT2D eigenvalue weighted by molar-refractivity contribution is 5.65. The van der Waals surface area contributed by atoms with Gasteiger partial charge in [0.15, 0.2) is 0 Å². The lowest BCUT2D eigenvalue weighted by Crippen LogP contribution is -2.46. The van der Waals surface area contributed by atoms with E-state index in [1.165, 1.54) is 0 Å². The van der Waals surface area contributed by atoms with Gasteiger partial charge in [0, 0.05) is 26.2 Å². The molecule has 0 aromatic heterocycles. The van der Waals surface area contributed by atoms with Crippen molar-refractivity contribution in [3.05, 3.63) is 29.3 Å². The van der Waals surface area contributed by atoms with Crippen LogP contribution in [0.1, 0.15) is 18.1 Å². The Hall–Kier alpha value is -2.04. The monoisotopic (exact) mass is 240 g/mol. The average Bonchev–Trinajstić information content (AvgIpc) is 2.46. The van der Waals surface area contributed by atoms with Crippen LogP contribution in [-0.4, -0.2) is 37.6 Å². The largest absolute Gasteiger partial charge is 0.368 e. The Bertz CT molecular complexity index is 502. The van der Waals surface area contributed by atoms with Crippen LogP contribution in [0.2, 0.25) is 0 Å². The summed E-state index contributed by atoms with van der Waals surface area (Å²) in [6, 6.07) is 9.72. The van der Waals surface area contributed by atoms with Crippen molar-refractivity contribution >= 4 is 5.69 Å². The van der Waals surface area contributed by atoms with Crippen LogP contribution in [0.15, 0.2) is 18.2 Å². The smallest absolute Gasteiger partial charge is 0.103 e. The third-order valence-corrected chi connectivity index (χ3v) is 3.43. The maximum Gasteiger partial charge on any atom is 0.103 e. The van der Waals surface area contributed by atoms with Gasteiger partial charge in [-0.15, -0.1) is 0 Å². The van der Waals surface area contributed by atoms with Crippen molar-refractivity contribution in [2.45, 2.75) is 6.92 Å². The summed E-state index contributed by atoms with van der Waals surface area (Å²) in [6.07, 6.45) is 0. The highest BCUT2D eigenvalue weighted by Gasteiger charge is 2.19. The summed E-state index contributed by atoms with van der Waals surface area (Å²) in [7, 11) is 0. The minimum absolute atomic E-state index is 0.466. The van der Waals surface area contributed by atoms with Crippen LogP contribution in [0.4, 0.5) is 5.69 Å². The van der Waals surface area contributed by atoms with E-state index in [0.29, 0.717) is 11.1 Å². The van der Waals surface area contributed by atoms with E-state index in [1.807, 2.05) is 12.1 Å². The molecule has 1 aliphatic heterocycles. The van der Waals surface area contributed by atoms with E-state index in [0.717, 1.165) is 38.4 Å². The van der Waals surface area contributed by atoms with Crippen LogP contribution in [-0.2, 0) is 0 Å². The Kier molecular flexibility index (Phi) is 3.82. The molecule has 1 heterocycles. The summed E-state index contributed by atoms with van der Waals surface area (Å²) >= 11 is 0. The molecule has 0 spiro atoms. The normalized spacial score (nSPS) is 16.1. The fraction of sp³-hybridized carbons (Fsp3) is 0.429. The highest BCUT2D eigenvalue weighted by Crippen LogP contribution is 2.24. The molecule has 1 aliphatic rings. The van der Waals surface area contributed by atoms with Gasteiger partial charge in [-0.25, -0.2) is 0 Å². The van der Waals surface area contributed by atoms with E-state index in [4.69, 9.17) is 5.26 Å². The zero-order valence-corrected chi connectivity index (χ0v) is 10.6. The number of piperazine rings is 1. The fourth-order valence-electron chi connectivity index (χ4n) is 2.32. The van der Waals surface area contributed by atoms with Crippen molar-refractivity contribution in [1.82, 2.24) is 4.90 Å². The van der Waals surface area contributed by atoms with Gasteiger partial charge in [-0.05, 0) is 18.7 Å². The molecule has 0 atom stereocenters. The lowest BCUT2D eigenvalue weighted by atomic mass is 10.1. The molecule has 2 rings (SSSR count). The molecule has 1 saturated heterocycles. The molecular weight excluding hydrogens is 224 g/mol. The number of hydrogen-bond donors (Lipinski definition) is 0. The number of hydrogen-bond acceptors (Lipinski definition) is 4. The van der Waals surface area contributed by atoms with Crippen molar-refractivity contribution in [2.24, 2.45) is 0 Å². The molecule has 18 heavy (non-hydrogen) atoms. The van der Waals surface area contributed by atoms with Crippen molar-refractivity contribution in [3.8, 4) is 12.1 Å². The molecule has 1 aromatic carbocycles. The number of benzene rings is 1. The van der Waals surface area contributed by atoms with E-state index < -0.39 is 0 Å². The summed E-state index contributed by atoms with van der Waals surface area (Å²) in [5.74, 6) is 0. The van der Waals surface area contributed by atoms with Gasteiger partial charge < -0.3 is 9.80 Å². The van der Waals surface area contributed by atoms with Gasteiger partial charge in [-0.2, -0.15) is 10.5 Å². The zero-order chi connectivity index (χ0) is 13.0. The first-order valence-corrected chi connectivity index (χ1v) is 6.20. The molecule has 0 unspecified atom stereocenters. The third-order valence-electron chi connectivity index (χ3n) is 3.43. The first kappa shape index (κ1) is 12.4. The molecule has 0 N–H and O–H groups in total. The predicted octanol–water partition coefficient (Wildman–Crippen LogP) is 1.57. The Morgan fingerprint density at radius 2 is 1.83 bits per heavy atom. The second-order valence-electron chi connectivity index (χ2n) is 4.34. The molecule has 0 aliphatic carbocycles. The lowest BCUT2D eigenvalue weighted by molar-refractivity contribution is 0.271. The molecule has 92 valence electrons. The molecule has 1 aromatic rings. The Labute approximate surface area is 108 Å². The van der Waals surface area contributed by atoms with Gasteiger partial charge in [0.2, 0.25) is 0 Å². The van der Waals surface area contributed by atoms with Gasteiger partial charge in [0.1, 0.15) is 12.1 Å². The Morgan fingerprint density at radius 1 is 1.11 bits per heavy atom. The number of nitriles is 2. The van der Waals surface area contributed by atoms with E-state index in [1.54, 1.807) is 6.07 Å². The summed E-state index contributed by atoms with van der Waals surface area (Å²) in [4.78, 5) is 4.59. The quantitative estimate of drug-likeness (QED) is 0.787. The molecule has 4 heteroatoms. The van der Waals surface area contributed by atoms with E-state index in [-0.39, 0.29) is 0 Å². The van der Waals surface area contributed by atoms with Crippen LogP contribution in [0, 0.1) is 22.7 Å². The topological polar surface area (TPSA) is 54.1 Å². The van der Waals surface area contributed by atoms with Crippen molar-refractivity contribution in [2.75, 3.05) is 37.6 Å². The second-order valence-corrected chi connectivity index (χ2v) is 4.34. The van der Waals surface area contributed by atoms with Crippen LogP contribution in [0.5, 0.6) is 0 Å². The van der Waals surface area contributed by atoms with Crippen LogP contribution in [0.25, 0.3) is 0 Å². The summed E-state index contributed by atoms with van der Waals surface area (Å²) < 4.78 is 0. The highest BCUT2D eigenvalue weighted by atomic mass is 15.3. The Balaban J connectivity index is 2.25. The number of rotatable bonds is 2. The van der Waals surface area contributed by atoms with Crippen LogP contribution >= 0.6 is 0 Å². The van der Waals surface area contributed by atoms with Gasteiger partial charge in [0.05, 0.1) is 16.8 Å². The predicted molar refractivity (Wildman–Crippen MR) is 70.2 cm³/mol. The maximum atomic E-state index is 9.22. The molecule has 4 nitrogen and oxygen atoms in total. The molecule has 0 radical (unpaired) electrons. The van der Waals surface area contributed by atoms with Gasteiger partial charge in [-0.1, -0.05) is 13.0 Å². The molecule has 1 fully saturated rings. The number of nitrogens with zero attached hydrogens (tertiary/aromatic N) is 4. The lowest BCUT2D eigenvalue weighted by Gasteiger charge is -2.36. The van der Waals surface area contributed by atoms with Crippen LogP contribution in [0.3, 0.4) is 0 Å². The first-order chi connectivity index (χ1) is 8.80. The second kappa shape index (κ2) is 5.53. The minimum atomic E-state index is 0.466. The van der Waals surface area contributed by atoms with Crippen molar-refractivity contribution in [1.29, 1.82) is 10.5 Å². The third kappa shape index (κ3) is 2.30. The summed E-state index contributed by atoms with van der Waals surface area (Å²) in [5, 5.41) is 18.2. The molecule has 0 amide bonds. The molecular formula is C14H16N4. The SMILES string of the molecule is CCN1CCN(c2cccc(C#N)c2C#N)CC1. The number of likely N-dealkylation sites (N-methyl/N-ethyl adjacent to an activating group) is 1. The van der Waals surface area contributed by atoms with Crippen molar-refractivity contribution in [3.63, 3.8) is 0 Å². The zero-order valence-electron chi connectivity index (χ0n) is 10.6. The van der Waals surface area contributed by atoms with E-state index in [9.17, 15) is 5.26 Å².